The van der Waals surface area contributed by atoms with Crippen molar-refractivity contribution in [3.63, 3.8) is 0 Å². The zero-order chi connectivity index (χ0) is 20.3. The van der Waals surface area contributed by atoms with E-state index in [1.807, 2.05) is 0 Å². The van der Waals surface area contributed by atoms with Crippen molar-refractivity contribution in [3.05, 3.63) is 48.5 Å². The quantitative estimate of drug-likeness (QED) is 0.626. The van der Waals surface area contributed by atoms with E-state index in [2.05, 4.69) is 20.7 Å². The number of nitrogens with one attached hydrogen (secondary N) is 3. The molecule has 2 amide bonds. The Hall–Kier alpha value is -2.94. The fourth-order valence-electron chi connectivity index (χ4n) is 2.54. The lowest BCUT2D eigenvalue weighted by Crippen LogP contribution is -2.41. The van der Waals surface area contributed by atoms with Gasteiger partial charge in [-0.15, -0.1) is 0 Å². The number of halogens is 4. The molecule has 0 spiro atoms. The molecule has 28 heavy (non-hydrogen) atoms. The molecule has 0 saturated heterocycles. The molecule has 0 aromatic heterocycles. The van der Waals surface area contributed by atoms with E-state index in [1.165, 1.54) is 12.1 Å². The van der Waals surface area contributed by atoms with Gasteiger partial charge in [-0.1, -0.05) is 23.7 Å². The molecular formula is C18H15ClF3N3O3. The summed E-state index contributed by atoms with van der Waals surface area (Å²) in [6.07, 6.45) is -4.32. The van der Waals surface area contributed by atoms with E-state index < -0.39 is 23.7 Å². The van der Waals surface area contributed by atoms with E-state index >= 15 is 0 Å². The summed E-state index contributed by atoms with van der Waals surface area (Å²) in [5.74, 6) is -1.13. The Labute approximate surface area is 163 Å². The summed E-state index contributed by atoms with van der Waals surface area (Å²) >= 11 is 4.72. The van der Waals surface area contributed by atoms with Crippen LogP contribution in [0.3, 0.4) is 0 Å². The lowest BCUT2D eigenvalue weighted by atomic mass is 10.1. The molecule has 148 valence electrons. The summed E-state index contributed by atoms with van der Waals surface area (Å²) in [4.78, 5) is 24.3. The van der Waals surface area contributed by atoms with Gasteiger partial charge in [-0.3, -0.25) is 9.59 Å². The fourth-order valence-corrected chi connectivity index (χ4v) is 2.58. The lowest BCUT2D eigenvalue weighted by Gasteiger charge is -2.26. The van der Waals surface area contributed by atoms with E-state index in [4.69, 9.17) is 11.6 Å². The molecule has 3 rings (SSSR count). The average Bonchev–Trinajstić information content (AvgIpc) is 2.63. The second-order valence-corrected chi connectivity index (χ2v) is 6.36. The van der Waals surface area contributed by atoms with Crippen molar-refractivity contribution in [2.24, 2.45) is 0 Å². The first-order valence-corrected chi connectivity index (χ1v) is 8.59. The smallest absolute Gasteiger partial charge is 0.429 e. The summed E-state index contributed by atoms with van der Waals surface area (Å²) in [7, 11) is 0. The number of para-hydroxylation sites is 2. The minimum Gasteiger partial charge on any atom is -0.429 e. The molecule has 0 saturated carbocycles. The number of amides is 2. The summed E-state index contributed by atoms with van der Waals surface area (Å²) in [5.41, 5.74) is -1.37. The second kappa shape index (κ2) is 7.97. The van der Waals surface area contributed by atoms with Crippen LogP contribution in [0.2, 0.25) is 0 Å². The average molecular weight is 414 g/mol. The van der Waals surface area contributed by atoms with Gasteiger partial charge in [0, 0.05) is 5.69 Å². The number of hydrogen-bond acceptors (Lipinski definition) is 4. The zero-order valence-electron chi connectivity index (χ0n) is 14.2. The van der Waals surface area contributed by atoms with E-state index in [0.717, 1.165) is 12.1 Å². The number of carbonyl (C=O) groups is 2. The summed E-state index contributed by atoms with van der Waals surface area (Å²) in [6, 6.07) is 11.2. The van der Waals surface area contributed by atoms with Gasteiger partial charge in [-0.25, -0.2) is 4.39 Å². The van der Waals surface area contributed by atoms with Gasteiger partial charge < -0.3 is 20.7 Å². The van der Waals surface area contributed by atoms with Crippen molar-refractivity contribution in [2.75, 3.05) is 16.0 Å². The van der Waals surface area contributed by atoms with Crippen LogP contribution in [-0.4, -0.2) is 29.6 Å². The molecule has 10 heteroatoms. The van der Waals surface area contributed by atoms with Crippen LogP contribution in [0.15, 0.2) is 48.5 Å². The van der Waals surface area contributed by atoms with Crippen molar-refractivity contribution in [2.45, 2.75) is 24.2 Å². The topological polar surface area (TPSA) is 79.5 Å². The van der Waals surface area contributed by atoms with Gasteiger partial charge in [-0.05, 0) is 36.4 Å². The maximum Gasteiger partial charge on any atom is 0.444 e. The third kappa shape index (κ3) is 4.66. The highest BCUT2D eigenvalue weighted by molar-refractivity contribution is 6.20. The van der Waals surface area contributed by atoms with Gasteiger partial charge in [0.1, 0.15) is 11.8 Å². The highest BCUT2D eigenvalue weighted by Gasteiger charge is 2.42. The number of hydrogen-bond donors (Lipinski definition) is 3. The van der Waals surface area contributed by atoms with Crippen LogP contribution < -0.4 is 20.7 Å². The van der Waals surface area contributed by atoms with Gasteiger partial charge in [-0.2, -0.15) is 8.78 Å². The molecule has 2 atom stereocenters. The van der Waals surface area contributed by atoms with E-state index in [9.17, 15) is 22.8 Å². The summed E-state index contributed by atoms with van der Waals surface area (Å²) in [5, 5.41) is 8.24. The molecule has 2 aromatic rings. The first kappa shape index (κ1) is 19.8. The Bertz CT molecular complexity index is 878. The highest BCUT2D eigenvalue weighted by atomic mass is 35.5. The lowest BCUT2D eigenvalue weighted by molar-refractivity contribution is -0.199. The van der Waals surface area contributed by atoms with E-state index in [1.54, 1.807) is 24.3 Å². The van der Waals surface area contributed by atoms with Crippen molar-refractivity contribution < 1.29 is 27.5 Å². The van der Waals surface area contributed by atoms with E-state index in [0.29, 0.717) is 17.1 Å². The number of benzene rings is 2. The van der Waals surface area contributed by atoms with Gasteiger partial charge >= 0.3 is 6.11 Å². The first-order chi connectivity index (χ1) is 13.2. The summed E-state index contributed by atoms with van der Waals surface area (Å²) < 4.78 is 42.9. The van der Waals surface area contributed by atoms with Crippen LogP contribution in [0.5, 0.6) is 5.75 Å². The van der Waals surface area contributed by atoms with Crippen molar-refractivity contribution in [1.29, 1.82) is 0 Å². The number of anilines is 3. The van der Waals surface area contributed by atoms with Gasteiger partial charge in [0.05, 0.1) is 17.8 Å². The molecule has 0 bridgehead atoms. The number of fused-ring (bicyclic) bond motifs is 1. The standard InChI is InChI=1S/C18H15ClF3N3O3/c19-17(20)18(21,22)28-11-7-5-10(6-8-11)23-15(26)9-14-16(27)25-13-4-2-1-3-12(13)24-14/h1-8,14,17,24H,9H2,(H,23,26)(H,25,27)/t14-,17-/m0/s1. The monoisotopic (exact) mass is 413 g/mol. The third-order valence-electron chi connectivity index (χ3n) is 3.87. The third-order valence-corrected chi connectivity index (χ3v) is 4.12. The normalized spacial score (nSPS) is 17.0. The highest BCUT2D eigenvalue weighted by Crippen LogP contribution is 2.30. The molecule has 1 aliphatic rings. The maximum absolute atomic E-state index is 13.1. The minimum absolute atomic E-state index is 0.147. The molecule has 1 aliphatic heterocycles. The van der Waals surface area contributed by atoms with Gasteiger partial charge in [0.25, 0.3) is 5.63 Å². The number of rotatable bonds is 6. The Morgan fingerprint density at radius 1 is 1.18 bits per heavy atom. The largest absolute Gasteiger partial charge is 0.444 e. The van der Waals surface area contributed by atoms with Crippen LogP contribution >= 0.6 is 11.6 Å². The molecule has 1 heterocycles. The SMILES string of the molecule is O=C(C[C@@H]1Nc2ccccc2NC1=O)Nc1ccc(OC(F)(F)[C@H](F)Cl)cc1. The van der Waals surface area contributed by atoms with Crippen LogP contribution in [-0.2, 0) is 9.59 Å². The van der Waals surface area contributed by atoms with Crippen LogP contribution in [0.1, 0.15) is 6.42 Å². The predicted molar refractivity (Wildman–Crippen MR) is 98.5 cm³/mol. The van der Waals surface area contributed by atoms with Gasteiger partial charge in [0.2, 0.25) is 11.8 Å². The number of ether oxygens (including phenoxy) is 1. The Balaban J connectivity index is 1.57. The predicted octanol–water partition coefficient (Wildman–Crippen LogP) is 3.95. The Morgan fingerprint density at radius 2 is 1.82 bits per heavy atom. The Morgan fingerprint density at radius 3 is 2.46 bits per heavy atom. The molecule has 0 unspecified atom stereocenters. The molecule has 0 fully saturated rings. The molecule has 2 aromatic carbocycles. The van der Waals surface area contributed by atoms with Gasteiger partial charge in [0.15, 0.2) is 0 Å². The molecule has 0 aliphatic carbocycles. The first-order valence-electron chi connectivity index (χ1n) is 8.16. The molecule has 6 nitrogen and oxygen atoms in total. The fraction of sp³-hybridized carbons (Fsp3) is 0.222. The maximum atomic E-state index is 13.1. The molecular weight excluding hydrogens is 399 g/mol. The van der Waals surface area contributed by atoms with Crippen LogP contribution in [0.25, 0.3) is 0 Å². The minimum atomic E-state index is -4.18. The van der Waals surface area contributed by atoms with Crippen LogP contribution in [0, 0.1) is 0 Å². The van der Waals surface area contributed by atoms with Crippen LogP contribution in [0.4, 0.5) is 30.2 Å². The van der Waals surface area contributed by atoms with Crippen molar-refractivity contribution in [1.82, 2.24) is 0 Å². The van der Waals surface area contributed by atoms with Crippen molar-refractivity contribution >= 4 is 40.5 Å². The number of carbonyl (C=O) groups excluding carboxylic acids is 2. The Kier molecular flexibility index (Phi) is 5.64. The molecule has 0 radical (unpaired) electrons. The molecule has 3 N–H and O–H groups in total. The zero-order valence-corrected chi connectivity index (χ0v) is 15.0. The second-order valence-electron chi connectivity index (χ2n) is 5.97. The van der Waals surface area contributed by atoms with E-state index in [-0.39, 0.29) is 18.1 Å². The summed E-state index contributed by atoms with van der Waals surface area (Å²) in [6.45, 7) is 0. The number of alkyl halides is 4. The van der Waals surface area contributed by atoms with Crippen molar-refractivity contribution in [3.8, 4) is 5.75 Å².